The summed E-state index contributed by atoms with van der Waals surface area (Å²) in [6.45, 7) is 10.8. The molecule has 1 aromatic rings. The quantitative estimate of drug-likeness (QED) is 0.443. The zero-order chi connectivity index (χ0) is 24.8. The molecule has 4 saturated carbocycles. The summed E-state index contributed by atoms with van der Waals surface area (Å²) in [4.78, 5) is 2.51. The fraction of sp³-hybridized carbons (Fsp3) is 0.871. The molecule has 2 heterocycles. The molecule has 36 heavy (non-hydrogen) atoms. The Morgan fingerprint density at radius 1 is 0.972 bits per heavy atom. The Hall–Kier alpha value is -0.880. The van der Waals surface area contributed by atoms with Gasteiger partial charge in [-0.15, -0.1) is 0 Å². The van der Waals surface area contributed by atoms with Crippen molar-refractivity contribution in [3.05, 3.63) is 24.2 Å². The number of aliphatic hydroxyl groups is 1. The number of fused-ring (bicyclic) bond motifs is 5. The zero-order valence-electron chi connectivity index (χ0n) is 22.8. The molecule has 8 atom stereocenters. The van der Waals surface area contributed by atoms with E-state index in [2.05, 4.69) is 24.8 Å². The summed E-state index contributed by atoms with van der Waals surface area (Å²) >= 11 is 0. The Bertz CT molecular complexity index is 868. The van der Waals surface area contributed by atoms with Gasteiger partial charge in [-0.05, 0) is 124 Å². The van der Waals surface area contributed by atoms with Gasteiger partial charge in [0.15, 0.2) is 0 Å². The highest BCUT2D eigenvalue weighted by Crippen LogP contribution is 2.70. The molecule has 0 bridgehead atoms. The van der Waals surface area contributed by atoms with Crippen LogP contribution in [0.4, 0.5) is 0 Å². The molecule has 1 aliphatic heterocycles. The van der Waals surface area contributed by atoms with Crippen molar-refractivity contribution in [3.8, 4) is 0 Å². The van der Waals surface area contributed by atoms with Crippen molar-refractivity contribution < 1.29 is 19.0 Å². The van der Waals surface area contributed by atoms with Gasteiger partial charge in [0.25, 0.3) is 0 Å². The molecule has 6 rings (SSSR count). The summed E-state index contributed by atoms with van der Waals surface area (Å²) in [6, 6.07) is 2.13. The molecule has 0 amide bonds. The Morgan fingerprint density at radius 2 is 1.83 bits per heavy atom. The maximum absolute atomic E-state index is 12.4. The number of hydrogen-bond donors (Lipinski definition) is 1. The Balaban J connectivity index is 1.03. The minimum Gasteiger partial charge on any atom is -0.472 e. The highest BCUT2D eigenvalue weighted by atomic mass is 16.5. The standard InChI is InChI=1S/C31H49NO4/c1-29-11-7-25(36-20-19-34-18-16-32-14-3-4-15-32)21-24(29)5-6-28-27(29)8-12-30(2)26(9-13-31(28,30)33)23-10-17-35-22-23/h10,17,22,24-28,33H,3-9,11-16,18-21H2,1-2H3/t24-,25-,26+,27-,28+,29-,30+,31-/m0/s1. The van der Waals surface area contributed by atoms with E-state index < -0.39 is 5.60 Å². The van der Waals surface area contributed by atoms with Crippen LogP contribution in [-0.2, 0) is 9.47 Å². The van der Waals surface area contributed by atoms with Crippen LogP contribution in [-0.4, -0.2) is 61.2 Å². The topological polar surface area (TPSA) is 55.1 Å². The number of rotatable bonds is 8. The van der Waals surface area contributed by atoms with Crippen LogP contribution in [0.25, 0.3) is 0 Å². The molecule has 0 unspecified atom stereocenters. The van der Waals surface area contributed by atoms with Crippen LogP contribution in [0.2, 0.25) is 0 Å². The molecule has 5 fully saturated rings. The SMILES string of the molecule is C[C@]12CC[C@H](OCCOCCN3CCCC3)C[C@@H]1CC[C@@H]1[C@@H]2CC[C@]2(C)[C@@H](c3ccoc3)CC[C@]12O. The van der Waals surface area contributed by atoms with Crippen LogP contribution in [0.5, 0.6) is 0 Å². The maximum atomic E-state index is 12.4. The summed E-state index contributed by atoms with van der Waals surface area (Å²) in [5.74, 6) is 2.24. The van der Waals surface area contributed by atoms with Crippen LogP contribution in [0, 0.1) is 28.6 Å². The predicted molar refractivity (Wildman–Crippen MR) is 141 cm³/mol. The molecule has 5 aliphatic rings. The molecular weight excluding hydrogens is 450 g/mol. The molecule has 1 aromatic heterocycles. The van der Waals surface area contributed by atoms with E-state index in [-0.39, 0.29) is 5.41 Å². The number of hydrogen-bond acceptors (Lipinski definition) is 5. The first-order valence-corrected chi connectivity index (χ1v) is 15.1. The zero-order valence-corrected chi connectivity index (χ0v) is 22.8. The van der Waals surface area contributed by atoms with Gasteiger partial charge in [-0.25, -0.2) is 0 Å². The minimum atomic E-state index is -0.536. The van der Waals surface area contributed by atoms with Gasteiger partial charge in [0.1, 0.15) is 0 Å². The second-order valence-corrected chi connectivity index (χ2v) is 13.4. The average Bonchev–Trinajstić information content (AvgIpc) is 3.62. The highest BCUT2D eigenvalue weighted by molar-refractivity contribution is 5.26. The van der Waals surface area contributed by atoms with E-state index in [1.54, 1.807) is 6.26 Å². The van der Waals surface area contributed by atoms with Crippen LogP contribution in [0.3, 0.4) is 0 Å². The first-order valence-electron chi connectivity index (χ1n) is 15.1. The van der Waals surface area contributed by atoms with Crippen molar-refractivity contribution in [2.45, 2.75) is 102 Å². The van der Waals surface area contributed by atoms with Gasteiger partial charge in [0.2, 0.25) is 0 Å². The van der Waals surface area contributed by atoms with E-state index in [4.69, 9.17) is 13.9 Å². The molecule has 202 valence electrons. The summed E-state index contributed by atoms with van der Waals surface area (Å²) in [5, 5.41) is 12.4. The first kappa shape index (κ1) is 25.4. The molecule has 5 heteroatoms. The fourth-order valence-corrected chi connectivity index (χ4v) is 9.92. The summed E-state index contributed by atoms with van der Waals surface area (Å²) in [7, 11) is 0. The second-order valence-electron chi connectivity index (χ2n) is 13.4. The largest absolute Gasteiger partial charge is 0.472 e. The third kappa shape index (κ3) is 4.21. The van der Waals surface area contributed by atoms with Gasteiger partial charge >= 0.3 is 0 Å². The lowest BCUT2D eigenvalue weighted by Gasteiger charge is -2.63. The number of ether oxygens (including phenoxy) is 2. The molecule has 1 saturated heterocycles. The van der Waals surface area contributed by atoms with E-state index >= 15 is 0 Å². The smallest absolute Gasteiger partial charge is 0.0937 e. The van der Waals surface area contributed by atoms with E-state index in [0.717, 1.165) is 58.0 Å². The Kier molecular flexibility index (Phi) is 7.07. The molecule has 0 spiro atoms. The normalized spacial score (nSPS) is 44.8. The first-order chi connectivity index (χ1) is 17.4. The summed E-state index contributed by atoms with van der Waals surface area (Å²) in [6.07, 6.45) is 17.3. The lowest BCUT2D eigenvalue weighted by Crippen LogP contribution is -2.62. The average molecular weight is 500 g/mol. The van der Waals surface area contributed by atoms with Crippen LogP contribution in [0.1, 0.15) is 96.0 Å². The molecule has 0 radical (unpaired) electrons. The Labute approximate surface area is 218 Å². The summed E-state index contributed by atoms with van der Waals surface area (Å²) < 4.78 is 17.7. The molecule has 5 nitrogen and oxygen atoms in total. The summed E-state index contributed by atoms with van der Waals surface area (Å²) in [5.41, 5.74) is 1.08. The van der Waals surface area contributed by atoms with Gasteiger partial charge in [-0.2, -0.15) is 0 Å². The maximum Gasteiger partial charge on any atom is 0.0937 e. The predicted octanol–water partition coefficient (Wildman–Crippen LogP) is 6.02. The van der Waals surface area contributed by atoms with Gasteiger partial charge < -0.3 is 23.9 Å². The number of nitrogens with zero attached hydrogens (tertiary/aromatic N) is 1. The van der Waals surface area contributed by atoms with E-state index in [9.17, 15) is 5.11 Å². The highest BCUT2D eigenvalue weighted by Gasteiger charge is 2.67. The monoisotopic (exact) mass is 499 g/mol. The van der Waals surface area contributed by atoms with Gasteiger partial charge in [0.05, 0.1) is 44.1 Å². The van der Waals surface area contributed by atoms with Gasteiger partial charge in [-0.3, -0.25) is 0 Å². The van der Waals surface area contributed by atoms with Crippen molar-refractivity contribution in [1.29, 1.82) is 0 Å². The van der Waals surface area contributed by atoms with Crippen LogP contribution >= 0.6 is 0 Å². The second kappa shape index (κ2) is 10.0. The number of likely N-dealkylation sites (tertiary alicyclic amines) is 1. The van der Waals surface area contributed by atoms with Crippen molar-refractivity contribution in [2.24, 2.45) is 28.6 Å². The third-order valence-corrected chi connectivity index (χ3v) is 12.1. The molecule has 0 aromatic carbocycles. The van der Waals surface area contributed by atoms with Crippen molar-refractivity contribution in [2.75, 3.05) is 39.5 Å². The van der Waals surface area contributed by atoms with Crippen LogP contribution < -0.4 is 0 Å². The fourth-order valence-electron chi connectivity index (χ4n) is 9.92. The lowest BCUT2D eigenvalue weighted by atomic mass is 9.43. The van der Waals surface area contributed by atoms with Crippen molar-refractivity contribution in [3.63, 3.8) is 0 Å². The minimum absolute atomic E-state index is 0.0314. The van der Waals surface area contributed by atoms with E-state index in [1.165, 1.54) is 63.6 Å². The van der Waals surface area contributed by atoms with Crippen molar-refractivity contribution in [1.82, 2.24) is 4.90 Å². The molecule has 4 aliphatic carbocycles. The van der Waals surface area contributed by atoms with Gasteiger partial charge in [-0.1, -0.05) is 13.8 Å². The number of furan rings is 1. The van der Waals surface area contributed by atoms with Crippen molar-refractivity contribution >= 4 is 0 Å². The Morgan fingerprint density at radius 3 is 2.64 bits per heavy atom. The van der Waals surface area contributed by atoms with E-state index in [0.29, 0.717) is 29.3 Å². The molecule has 1 N–H and O–H groups in total. The van der Waals surface area contributed by atoms with E-state index in [1.807, 2.05) is 6.26 Å². The lowest BCUT2D eigenvalue weighted by molar-refractivity contribution is -0.207. The van der Waals surface area contributed by atoms with Crippen LogP contribution in [0.15, 0.2) is 23.0 Å². The molecular formula is C31H49NO4. The van der Waals surface area contributed by atoms with Gasteiger partial charge in [0, 0.05) is 12.0 Å². The third-order valence-electron chi connectivity index (χ3n) is 12.1.